The number of nitrogens with one attached hydrogen (secondary N) is 2. The van der Waals surface area contributed by atoms with Crippen molar-refractivity contribution in [3.8, 4) is 11.5 Å². The highest BCUT2D eigenvalue weighted by Crippen LogP contribution is 2.39. The predicted molar refractivity (Wildman–Crippen MR) is 137 cm³/mol. The number of nitrogens with zero attached hydrogens (tertiary/aromatic N) is 2. The Morgan fingerprint density at radius 2 is 1.78 bits per heavy atom. The van der Waals surface area contributed by atoms with Gasteiger partial charge in [-0.15, -0.1) is 12.4 Å². The summed E-state index contributed by atoms with van der Waals surface area (Å²) in [5, 5.41) is 5.27. The van der Waals surface area contributed by atoms with Crippen molar-refractivity contribution in [2.24, 2.45) is 0 Å². The number of anilines is 1. The third-order valence-electron chi connectivity index (χ3n) is 5.52. The highest BCUT2D eigenvalue weighted by atomic mass is 35.5. The second-order valence-electron chi connectivity index (χ2n) is 8.23. The van der Waals surface area contributed by atoms with E-state index in [2.05, 4.69) is 10.6 Å². The lowest BCUT2D eigenvalue weighted by Crippen LogP contribution is -2.37. The molecule has 2 N–H and O–H groups in total. The first-order valence-electron chi connectivity index (χ1n) is 11.2. The first-order chi connectivity index (χ1) is 16.7. The van der Waals surface area contributed by atoms with Gasteiger partial charge in [0.25, 0.3) is 11.8 Å². The molecule has 0 saturated carbocycles. The number of likely N-dealkylation sites (N-methyl/N-ethyl adjacent to an activating group) is 1. The second-order valence-corrected chi connectivity index (χ2v) is 8.23. The van der Waals surface area contributed by atoms with Gasteiger partial charge in [0.15, 0.2) is 11.5 Å². The van der Waals surface area contributed by atoms with E-state index >= 15 is 0 Å². The lowest BCUT2D eigenvalue weighted by Gasteiger charge is -2.27. The number of imide groups is 1. The Morgan fingerprint density at radius 3 is 2.39 bits per heavy atom. The topological polar surface area (TPSA) is 117 Å². The standard InChI is InChI=1S/C25H30N4O6.ClH/c1-6-35-20-12-15(10-11-19(20)34-5)18(13-21(30)26-2)29-24(32)16-8-7-9-17(23(16)25(29)33)27-22(31)14-28(3)4;/h7-12,18H,6,13-14H2,1-5H3,(H,26,30)(H,27,31);1H/t18-;/m1./s1. The van der Waals surface area contributed by atoms with Crippen molar-refractivity contribution in [1.29, 1.82) is 0 Å². The van der Waals surface area contributed by atoms with Gasteiger partial charge in [-0.25, -0.2) is 0 Å². The lowest BCUT2D eigenvalue weighted by molar-refractivity contribution is -0.121. The summed E-state index contributed by atoms with van der Waals surface area (Å²) in [5.41, 5.74) is 1.05. The minimum absolute atomic E-state index is 0. The fourth-order valence-corrected chi connectivity index (χ4v) is 3.97. The number of halogens is 1. The molecule has 0 unspecified atom stereocenters. The normalized spacial score (nSPS) is 13.1. The van der Waals surface area contributed by atoms with Crippen molar-refractivity contribution in [3.05, 3.63) is 53.1 Å². The van der Waals surface area contributed by atoms with Crippen LogP contribution in [0.3, 0.4) is 0 Å². The highest BCUT2D eigenvalue weighted by molar-refractivity contribution is 6.24. The molecular weight excluding hydrogens is 488 g/mol. The maximum Gasteiger partial charge on any atom is 0.264 e. The first-order valence-corrected chi connectivity index (χ1v) is 11.2. The molecule has 36 heavy (non-hydrogen) atoms. The first kappa shape index (κ1) is 28.6. The van der Waals surface area contributed by atoms with Crippen molar-refractivity contribution in [2.45, 2.75) is 19.4 Å². The van der Waals surface area contributed by atoms with E-state index < -0.39 is 17.9 Å². The molecule has 0 aromatic heterocycles. The van der Waals surface area contributed by atoms with Gasteiger partial charge in [-0.1, -0.05) is 12.1 Å². The highest BCUT2D eigenvalue weighted by Gasteiger charge is 2.43. The molecule has 2 aromatic rings. The summed E-state index contributed by atoms with van der Waals surface area (Å²) in [5.74, 6) is -0.879. The SMILES string of the molecule is CCOc1cc([C@@H](CC(=O)NC)N2C(=O)c3cccc(NC(=O)CN(C)C)c3C2=O)ccc1OC.Cl. The summed E-state index contributed by atoms with van der Waals surface area (Å²) >= 11 is 0. The van der Waals surface area contributed by atoms with Crippen molar-refractivity contribution < 1.29 is 28.7 Å². The molecule has 1 aliphatic heterocycles. The number of carbonyl (C=O) groups excluding carboxylic acids is 4. The average Bonchev–Trinajstić information content (AvgIpc) is 3.07. The Morgan fingerprint density at radius 1 is 1.06 bits per heavy atom. The van der Waals surface area contributed by atoms with Crippen molar-refractivity contribution in [3.63, 3.8) is 0 Å². The average molecular weight is 519 g/mol. The number of fused-ring (bicyclic) bond motifs is 1. The fraction of sp³-hybridized carbons (Fsp3) is 0.360. The van der Waals surface area contributed by atoms with E-state index in [0.29, 0.717) is 23.7 Å². The van der Waals surface area contributed by atoms with Crippen LogP contribution < -0.4 is 20.1 Å². The second kappa shape index (κ2) is 12.4. The van der Waals surface area contributed by atoms with Gasteiger partial charge in [0.05, 0.1) is 49.5 Å². The zero-order valence-electron chi connectivity index (χ0n) is 20.9. The third kappa shape index (κ3) is 5.95. The summed E-state index contributed by atoms with van der Waals surface area (Å²) in [6.07, 6.45) is -0.151. The van der Waals surface area contributed by atoms with E-state index in [9.17, 15) is 19.2 Å². The summed E-state index contributed by atoms with van der Waals surface area (Å²) in [7, 11) is 6.50. The molecule has 194 valence electrons. The van der Waals surface area contributed by atoms with E-state index in [1.807, 2.05) is 6.92 Å². The van der Waals surface area contributed by atoms with Crippen LogP contribution in [0.5, 0.6) is 11.5 Å². The van der Waals surface area contributed by atoms with Gasteiger partial charge < -0.3 is 25.0 Å². The quantitative estimate of drug-likeness (QED) is 0.464. The molecule has 2 aromatic carbocycles. The molecule has 0 spiro atoms. The van der Waals surface area contributed by atoms with Crippen LogP contribution in [0, 0.1) is 0 Å². The Kier molecular flexibility index (Phi) is 9.83. The Labute approximate surface area is 216 Å². The van der Waals surface area contributed by atoms with Gasteiger partial charge in [0, 0.05) is 7.05 Å². The number of methoxy groups -OCH3 is 1. The molecule has 0 radical (unpaired) electrons. The molecule has 1 heterocycles. The summed E-state index contributed by atoms with van der Waals surface area (Å²) < 4.78 is 11.0. The Hall–Kier alpha value is -3.63. The summed E-state index contributed by atoms with van der Waals surface area (Å²) in [4.78, 5) is 54.6. The number of hydrogen-bond acceptors (Lipinski definition) is 7. The van der Waals surface area contributed by atoms with Crippen molar-refractivity contribution >= 4 is 41.7 Å². The number of ether oxygens (including phenoxy) is 2. The molecular formula is C25H31ClN4O6. The van der Waals surface area contributed by atoms with Crippen LogP contribution in [-0.4, -0.2) is 74.8 Å². The van der Waals surface area contributed by atoms with E-state index in [-0.39, 0.29) is 54.0 Å². The summed E-state index contributed by atoms with van der Waals surface area (Å²) in [6.45, 7) is 2.31. The molecule has 3 rings (SSSR count). The maximum absolute atomic E-state index is 13.6. The molecule has 0 bridgehead atoms. The molecule has 0 saturated heterocycles. The Bertz CT molecular complexity index is 1150. The van der Waals surface area contributed by atoms with Crippen molar-refractivity contribution in [1.82, 2.24) is 15.1 Å². The summed E-state index contributed by atoms with van der Waals surface area (Å²) in [6, 6.07) is 8.84. The number of amides is 4. The molecule has 4 amide bonds. The van der Waals surface area contributed by atoms with E-state index in [0.717, 1.165) is 4.90 Å². The van der Waals surface area contributed by atoms with E-state index in [4.69, 9.17) is 9.47 Å². The van der Waals surface area contributed by atoms with E-state index in [1.165, 1.54) is 20.2 Å². The number of carbonyl (C=O) groups is 4. The zero-order valence-corrected chi connectivity index (χ0v) is 21.7. The van der Waals surface area contributed by atoms with Crippen molar-refractivity contribution in [2.75, 3.05) is 46.7 Å². The molecule has 0 fully saturated rings. The van der Waals surface area contributed by atoms with Crippen LogP contribution in [-0.2, 0) is 9.59 Å². The van der Waals surface area contributed by atoms with Crippen LogP contribution in [0.4, 0.5) is 5.69 Å². The zero-order chi connectivity index (χ0) is 25.7. The van der Waals surface area contributed by atoms with Crippen LogP contribution in [0.1, 0.15) is 45.7 Å². The minimum atomic E-state index is -0.905. The monoisotopic (exact) mass is 518 g/mol. The maximum atomic E-state index is 13.6. The van der Waals surface area contributed by atoms with Gasteiger partial charge in [-0.3, -0.25) is 24.1 Å². The number of hydrogen-bond donors (Lipinski definition) is 2. The lowest BCUT2D eigenvalue weighted by atomic mass is 10.0. The minimum Gasteiger partial charge on any atom is -0.493 e. The third-order valence-corrected chi connectivity index (χ3v) is 5.52. The van der Waals surface area contributed by atoms with Gasteiger partial charge in [-0.05, 0) is 50.8 Å². The molecule has 1 aliphatic rings. The van der Waals surface area contributed by atoms with Crippen LogP contribution >= 0.6 is 12.4 Å². The van der Waals surface area contributed by atoms with E-state index in [1.54, 1.807) is 49.3 Å². The fourth-order valence-electron chi connectivity index (χ4n) is 3.97. The predicted octanol–water partition coefficient (Wildman–Crippen LogP) is 2.49. The van der Waals surface area contributed by atoms with Gasteiger partial charge in [0.2, 0.25) is 11.8 Å². The number of benzene rings is 2. The van der Waals surface area contributed by atoms with Crippen LogP contribution in [0.25, 0.3) is 0 Å². The van der Waals surface area contributed by atoms with Gasteiger partial charge in [0.1, 0.15) is 0 Å². The largest absolute Gasteiger partial charge is 0.493 e. The molecule has 10 nitrogen and oxygen atoms in total. The molecule has 11 heteroatoms. The Balaban J connectivity index is 0.00000456. The molecule has 0 aliphatic carbocycles. The smallest absolute Gasteiger partial charge is 0.264 e. The van der Waals surface area contributed by atoms with Crippen LogP contribution in [0.15, 0.2) is 36.4 Å². The van der Waals surface area contributed by atoms with Gasteiger partial charge >= 0.3 is 0 Å². The van der Waals surface area contributed by atoms with Gasteiger partial charge in [-0.2, -0.15) is 0 Å². The van der Waals surface area contributed by atoms with Crippen LogP contribution in [0.2, 0.25) is 0 Å². The number of rotatable bonds is 10. The molecule has 1 atom stereocenters.